The number of ether oxygens (including phenoxy) is 2. The largest absolute Gasteiger partial charge is 0.378 e. The van der Waals surface area contributed by atoms with Crippen molar-refractivity contribution in [2.45, 2.75) is 31.9 Å². The zero-order chi connectivity index (χ0) is 17.2. The van der Waals surface area contributed by atoms with Crippen molar-refractivity contribution in [2.24, 2.45) is 0 Å². The number of nitrogens with zero attached hydrogens (tertiary/aromatic N) is 1. The number of carbonyl (C=O) groups excluding carboxylic acids is 1. The molecular weight excluding hydrogens is 374 g/mol. The van der Waals surface area contributed by atoms with E-state index < -0.39 is 0 Å². The molecule has 132 valence electrons. The normalized spacial score (nSPS) is 26.1. The van der Waals surface area contributed by atoms with E-state index in [9.17, 15) is 4.79 Å². The van der Waals surface area contributed by atoms with Crippen LogP contribution in [0.3, 0.4) is 0 Å². The zero-order valence-corrected chi connectivity index (χ0v) is 15.7. The van der Waals surface area contributed by atoms with Crippen LogP contribution >= 0.6 is 15.9 Å². The van der Waals surface area contributed by atoms with E-state index in [0.29, 0.717) is 19.8 Å². The van der Waals surface area contributed by atoms with Gasteiger partial charge < -0.3 is 25.0 Å². The van der Waals surface area contributed by atoms with Gasteiger partial charge in [0, 0.05) is 30.6 Å². The third-order valence-electron chi connectivity index (χ3n) is 4.52. The molecule has 1 saturated carbocycles. The van der Waals surface area contributed by atoms with Gasteiger partial charge in [-0.1, -0.05) is 15.9 Å². The number of morpholine rings is 1. The highest BCUT2D eigenvalue weighted by atomic mass is 79.9. The molecule has 2 fully saturated rings. The first kappa shape index (κ1) is 17.5. The molecule has 2 atom stereocenters. The van der Waals surface area contributed by atoms with E-state index in [2.05, 4.69) is 31.5 Å². The smallest absolute Gasteiger partial charge is 0.319 e. The number of hydrogen-bond donors (Lipinski definition) is 2. The summed E-state index contributed by atoms with van der Waals surface area (Å²) in [5.74, 6) is 0. The SMILES string of the molecule is CCO[C@@]1(C)C[C@H]1NC(=O)Nc1cc(Br)ccc1N1CCOCC1. The number of rotatable bonds is 5. The van der Waals surface area contributed by atoms with Crippen LogP contribution in [0.1, 0.15) is 20.3 Å². The number of urea groups is 1. The summed E-state index contributed by atoms with van der Waals surface area (Å²) in [4.78, 5) is 14.6. The molecule has 0 radical (unpaired) electrons. The molecule has 1 heterocycles. The molecule has 1 aromatic carbocycles. The number of benzene rings is 1. The number of carbonyl (C=O) groups is 1. The lowest BCUT2D eigenvalue weighted by atomic mass is 10.2. The molecule has 0 aromatic heterocycles. The van der Waals surface area contributed by atoms with E-state index in [-0.39, 0.29) is 17.7 Å². The van der Waals surface area contributed by atoms with Gasteiger partial charge in [-0.2, -0.15) is 0 Å². The Kier molecular flexibility index (Phi) is 5.32. The predicted molar refractivity (Wildman–Crippen MR) is 97.8 cm³/mol. The fourth-order valence-corrected chi connectivity index (χ4v) is 3.41. The summed E-state index contributed by atoms with van der Waals surface area (Å²) >= 11 is 3.48. The van der Waals surface area contributed by atoms with Gasteiger partial charge in [-0.15, -0.1) is 0 Å². The molecule has 2 aliphatic rings. The molecule has 0 bridgehead atoms. The third-order valence-corrected chi connectivity index (χ3v) is 5.02. The average Bonchev–Trinajstić information content (AvgIpc) is 3.17. The molecular formula is C17H24BrN3O3. The van der Waals surface area contributed by atoms with Crippen LogP contribution in [-0.4, -0.2) is 50.6 Å². The molecule has 1 aliphatic heterocycles. The Morgan fingerprint density at radius 3 is 2.92 bits per heavy atom. The summed E-state index contributed by atoms with van der Waals surface area (Å²) in [5.41, 5.74) is 1.58. The van der Waals surface area contributed by atoms with E-state index in [1.165, 1.54) is 0 Å². The number of anilines is 2. The first-order valence-corrected chi connectivity index (χ1v) is 9.15. The average molecular weight is 398 g/mol. The van der Waals surface area contributed by atoms with Gasteiger partial charge in [0.25, 0.3) is 0 Å². The van der Waals surface area contributed by atoms with Gasteiger partial charge in [-0.05, 0) is 32.0 Å². The summed E-state index contributed by atoms with van der Waals surface area (Å²) in [6.45, 7) is 7.71. The Balaban J connectivity index is 1.65. The van der Waals surface area contributed by atoms with Gasteiger partial charge in [0.2, 0.25) is 0 Å². The topological polar surface area (TPSA) is 62.8 Å². The van der Waals surface area contributed by atoms with E-state index >= 15 is 0 Å². The second-order valence-corrected chi connectivity index (χ2v) is 7.28. The van der Waals surface area contributed by atoms with E-state index in [4.69, 9.17) is 9.47 Å². The first-order valence-electron chi connectivity index (χ1n) is 8.35. The van der Waals surface area contributed by atoms with Crippen molar-refractivity contribution in [3.8, 4) is 0 Å². The Morgan fingerprint density at radius 1 is 1.46 bits per heavy atom. The van der Waals surface area contributed by atoms with Gasteiger partial charge in [-0.25, -0.2) is 4.79 Å². The fourth-order valence-electron chi connectivity index (χ4n) is 3.04. The van der Waals surface area contributed by atoms with Crippen LogP contribution in [0.2, 0.25) is 0 Å². The fraction of sp³-hybridized carbons (Fsp3) is 0.588. The number of halogens is 1. The number of nitrogens with one attached hydrogen (secondary N) is 2. The molecule has 1 aromatic rings. The van der Waals surface area contributed by atoms with Gasteiger partial charge in [0.05, 0.1) is 36.2 Å². The summed E-state index contributed by atoms with van der Waals surface area (Å²) in [7, 11) is 0. The van der Waals surface area contributed by atoms with Crippen LogP contribution in [0.15, 0.2) is 22.7 Å². The predicted octanol–water partition coefficient (Wildman–Crippen LogP) is 2.97. The molecule has 1 saturated heterocycles. The molecule has 0 spiro atoms. The van der Waals surface area contributed by atoms with E-state index in [0.717, 1.165) is 35.4 Å². The van der Waals surface area contributed by atoms with Crippen LogP contribution in [0, 0.1) is 0 Å². The Morgan fingerprint density at radius 2 is 2.21 bits per heavy atom. The van der Waals surface area contributed by atoms with Gasteiger partial charge in [-0.3, -0.25) is 0 Å². The van der Waals surface area contributed by atoms with Crippen molar-refractivity contribution in [3.05, 3.63) is 22.7 Å². The number of hydrogen-bond acceptors (Lipinski definition) is 4. The third kappa shape index (κ3) is 4.02. The van der Waals surface area contributed by atoms with Crippen molar-refractivity contribution < 1.29 is 14.3 Å². The Labute approximate surface area is 151 Å². The molecule has 0 unspecified atom stereocenters. The standard InChI is InChI=1S/C17H24BrN3O3/c1-3-24-17(2)11-15(17)20-16(22)19-13-10-12(18)4-5-14(13)21-6-8-23-9-7-21/h4-5,10,15H,3,6-9,11H2,1-2H3,(H2,19,20,22)/t15-,17+/m1/s1. The quantitative estimate of drug-likeness (QED) is 0.801. The van der Waals surface area contributed by atoms with E-state index in [1.54, 1.807) is 0 Å². The lowest BCUT2D eigenvalue weighted by Crippen LogP contribution is -2.38. The summed E-state index contributed by atoms with van der Waals surface area (Å²) in [6.07, 6.45) is 0.850. The van der Waals surface area contributed by atoms with Crippen LogP contribution in [0.4, 0.5) is 16.2 Å². The van der Waals surface area contributed by atoms with Crippen LogP contribution in [0.5, 0.6) is 0 Å². The van der Waals surface area contributed by atoms with Gasteiger partial charge in [0.15, 0.2) is 0 Å². The van der Waals surface area contributed by atoms with Crippen LogP contribution in [0.25, 0.3) is 0 Å². The highest BCUT2D eigenvalue weighted by Gasteiger charge is 2.52. The van der Waals surface area contributed by atoms with Gasteiger partial charge >= 0.3 is 6.03 Å². The van der Waals surface area contributed by atoms with Gasteiger partial charge in [0.1, 0.15) is 0 Å². The second kappa shape index (κ2) is 7.29. The van der Waals surface area contributed by atoms with Crippen molar-refractivity contribution in [3.63, 3.8) is 0 Å². The summed E-state index contributed by atoms with van der Waals surface area (Å²) < 4.78 is 12.0. The maximum Gasteiger partial charge on any atom is 0.319 e. The van der Waals surface area contributed by atoms with Crippen molar-refractivity contribution in [1.29, 1.82) is 0 Å². The van der Waals surface area contributed by atoms with Crippen molar-refractivity contribution in [2.75, 3.05) is 43.1 Å². The molecule has 6 nitrogen and oxygen atoms in total. The minimum atomic E-state index is -0.226. The lowest BCUT2D eigenvalue weighted by Gasteiger charge is -2.30. The highest BCUT2D eigenvalue weighted by molar-refractivity contribution is 9.10. The maximum atomic E-state index is 12.4. The Hall–Kier alpha value is -1.31. The summed E-state index contributed by atoms with van der Waals surface area (Å²) in [6, 6.07) is 5.80. The highest BCUT2D eigenvalue weighted by Crippen LogP contribution is 2.39. The lowest BCUT2D eigenvalue weighted by molar-refractivity contribution is 0.0494. The molecule has 2 amide bonds. The molecule has 7 heteroatoms. The molecule has 24 heavy (non-hydrogen) atoms. The molecule has 2 N–H and O–H groups in total. The maximum absolute atomic E-state index is 12.4. The van der Waals surface area contributed by atoms with Crippen LogP contribution < -0.4 is 15.5 Å². The minimum Gasteiger partial charge on any atom is -0.378 e. The van der Waals surface area contributed by atoms with Crippen molar-refractivity contribution in [1.82, 2.24) is 5.32 Å². The summed E-state index contributed by atoms with van der Waals surface area (Å²) in [5, 5.41) is 5.98. The second-order valence-electron chi connectivity index (χ2n) is 6.36. The monoisotopic (exact) mass is 397 g/mol. The van der Waals surface area contributed by atoms with E-state index in [1.807, 2.05) is 32.0 Å². The van der Waals surface area contributed by atoms with Crippen LogP contribution in [-0.2, 0) is 9.47 Å². The first-order chi connectivity index (χ1) is 11.5. The molecule has 1 aliphatic carbocycles. The zero-order valence-electron chi connectivity index (χ0n) is 14.1. The number of amides is 2. The van der Waals surface area contributed by atoms with Crippen molar-refractivity contribution >= 4 is 33.3 Å². The Bertz CT molecular complexity index is 607. The minimum absolute atomic E-state index is 0.0661. The molecule has 3 rings (SSSR count).